The average molecular weight is 266 g/mol. The highest BCUT2D eigenvalue weighted by molar-refractivity contribution is 6.31. The zero-order chi connectivity index (χ0) is 13.3. The molecule has 0 aliphatic rings. The quantitative estimate of drug-likeness (QED) is 0.809. The van der Waals surface area contributed by atoms with Crippen LogP contribution in [-0.4, -0.2) is 6.54 Å². The van der Waals surface area contributed by atoms with Crippen LogP contribution >= 0.6 is 11.6 Å². The second-order valence-corrected chi connectivity index (χ2v) is 5.51. The van der Waals surface area contributed by atoms with Gasteiger partial charge >= 0.3 is 6.18 Å². The molecule has 0 aromatic heterocycles. The van der Waals surface area contributed by atoms with Gasteiger partial charge in [0.25, 0.3) is 0 Å². The molecule has 1 aromatic carbocycles. The van der Waals surface area contributed by atoms with E-state index in [0.29, 0.717) is 12.2 Å². The van der Waals surface area contributed by atoms with Crippen LogP contribution in [0.4, 0.5) is 18.9 Å². The molecule has 1 aromatic rings. The first-order chi connectivity index (χ1) is 7.59. The number of anilines is 1. The molecule has 17 heavy (non-hydrogen) atoms. The van der Waals surface area contributed by atoms with Gasteiger partial charge < -0.3 is 5.32 Å². The Kier molecular flexibility index (Phi) is 3.97. The van der Waals surface area contributed by atoms with Crippen LogP contribution in [0.15, 0.2) is 18.2 Å². The third kappa shape index (κ3) is 4.46. The van der Waals surface area contributed by atoms with E-state index < -0.39 is 11.7 Å². The van der Waals surface area contributed by atoms with Crippen molar-refractivity contribution in [1.29, 1.82) is 0 Å². The van der Waals surface area contributed by atoms with Gasteiger partial charge in [0.05, 0.1) is 10.6 Å². The Morgan fingerprint density at radius 2 is 1.76 bits per heavy atom. The Morgan fingerprint density at radius 1 is 1.18 bits per heavy atom. The fourth-order valence-electron chi connectivity index (χ4n) is 1.22. The maximum absolute atomic E-state index is 12.6. The van der Waals surface area contributed by atoms with Crippen LogP contribution in [0.5, 0.6) is 0 Å². The summed E-state index contributed by atoms with van der Waals surface area (Å²) >= 11 is 5.52. The Labute approximate surface area is 104 Å². The summed E-state index contributed by atoms with van der Waals surface area (Å²) in [6.07, 6.45) is -4.42. The molecule has 0 unspecified atom stereocenters. The van der Waals surface area contributed by atoms with E-state index in [-0.39, 0.29) is 10.4 Å². The van der Waals surface area contributed by atoms with E-state index in [1.165, 1.54) is 6.07 Å². The molecule has 96 valence electrons. The van der Waals surface area contributed by atoms with Crippen molar-refractivity contribution in [3.8, 4) is 0 Å². The number of benzene rings is 1. The van der Waals surface area contributed by atoms with Crippen molar-refractivity contribution in [2.45, 2.75) is 26.9 Å². The molecule has 0 aliphatic carbocycles. The van der Waals surface area contributed by atoms with Crippen LogP contribution in [0.25, 0.3) is 0 Å². The van der Waals surface area contributed by atoms with Gasteiger partial charge in [-0.1, -0.05) is 32.4 Å². The first-order valence-corrected chi connectivity index (χ1v) is 5.58. The zero-order valence-corrected chi connectivity index (χ0v) is 10.7. The molecular formula is C12H15ClF3N. The molecule has 0 fully saturated rings. The fourth-order valence-corrected chi connectivity index (χ4v) is 1.44. The van der Waals surface area contributed by atoms with Crippen molar-refractivity contribution in [3.05, 3.63) is 28.8 Å². The maximum Gasteiger partial charge on any atom is 0.417 e. The van der Waals surface area contributed by atoms with Crippen LogP contribution in [0.2, 0.25) is 5.02 Å². The van der Waals surface area contributed by atoms with E-state index in [2.05, 4.69) is 5.32 Å². The molecule has 0 radical (unpaired) electrons. The van der Waals surface area contributed by atoms with Gasteiger partial charge in [0.1, 0.15) is 0 Å². The molecule has 0 spiro atoms. The van der Waals surface area contributed by atoms with Crippen LogP contribution in [-0.2, 0) is 6.18 Å². The minimum atomic E-state index is -4.42. The maximum atomic E-state index is 12.6. The van der Waals surface area contributed by atoms with E-state index in [0.717, 1.165) is 6.07 Å². The third-order valence-corrected chi connectivity index (χ3v) is 2.42. The van der Waals surface area contributed by atoms with Crippen LogP contribution in [0.3, 0.4) is 0 Å². The highest BCUT2D eigenvalue weighted by Crippen LogP contribution is 2.36. The molecule has 0 bridgehead atoms. The molecule has 0 heterocycles. The minimum Gasteiger partial charge on any atom is -0.385 e. The number of halogens is 4. The summed E-state index contributed by atoms with van der Waals surface area (Å²) in [6, 6.07) is 3.84. The largest absolute Gasteiger partial charge is 0.417 e. The van der Waals surface area contributed by atoms with Crippen molar-refractivity contribution in [3.63, 3.8) is 0 Å². The molecule has 0 saturated heterocycles. The van der Waals surface area contributed by atoms with Gasteiger partial charge in [-0.15, -0.1) is 0 Å². The number of nitrogens with one attached hydrogen (secondary N) is 1. The van der Waals surface area contributed by atoms with Gasteiger partial charge in [-0.2, -0.15) is 13.2 Å². The first kappa shape index (κ1) is 14.2. The van der Waals surface area contributed by atoms with E-state index in [1.54, 1.807) is 6.07 Å². The molecular weight excluding hydrogens is 251 g/mol. The number of hydrogen-bond acceptors (Lipinski definition) is 1. The summed E-state index contributed by atoms with van der Waals surface area (Å²) in [6.45, 7) is 6.59. The first-order valence-electron chi connectivity index (χ1n) is 5.20. The lowest BCUT2D eigenvalue weighted by Gasteiger charge is -2.20. The zero-order valence-electron chi connectivity index (χ0n) is 9.95. The summed E-state index contributed by atoms with van der Waals surface area (Å²) in [5.74, 6) is 0. The van der Waals surface area contributed by atoms with Gasteiger partial charge in [0.2, 0.25) is 0 Å². The predicted octanol–water partition coefficient (Wildman–Crippen LogP) is 4.82. The number of hydrogen-bond donors (Lipinski definition) is 1. The van der Waals surface area contributed by atoms with Gasteiger partial charge in [-0.25, -0.2) is 0 Å². The van der Waals surface area contributed by atoms with Crippen molar-refractivity contribution in [2.75, 3.05) is 11.9 Å². The monoisotopic (exact) mass is 265 g/mol. The second-order valence-electron chi connectivity index (χ2n) is 5.11. The second kappa shape index (κ2) is 4.77. The molecule has 0 atom stereocenters. The normalized spacial score (nSPS) is 12.6. The topological polar surface area (TPSA) is 12.0 Å². The van der Waals surface area contributed by atoms with E-state index in [4.69, 9.17) is 11.6 Å². The van der Waals surface area contributed by atoms with Gasteiger partial charge in [-0.3, -0.25) is 0 Å². The lowest BCUT2D eigenvalue weighted by Crippen LogP contribution is -2.19. The molecule has 0 aliphatic heterocycles. The standard InChI is InChI=1S/C12H15ClF3N/c1-11(2,3)7-17-8-4-5-10(13)9(6-8)12(14,15)16/h4-6,17H,7H2,1-3H3. The van der Waals surface area contributed by atoms with E-state index in [9.17, 15) is 13.2 Å². The van der Waals surface area contributed by atoms with E-state index >= 15 is 0 Å². The average Bonchev–Trinajstić information content (AvgIpc) is 2.13. The van der Waals surface area contributed by atoms with Crippen LogP contribution < -0.4 is 5.32 Å². The SMILES string of the molecule is CC(C)(C)CNc1ccc(Cl)c(C(F)(F)F)c1. The molecule has 1 nitrogen and oxygen atoms in total. The highest BCUT2D eigenvalue weighted by atomic mass is 35.5. The Balaban J connectivity index is 2.90. The summed E-state index contributed by atoms with van der Waals surface area (Å²) in [4.78, 5) is 0. The molecule has 0 saturated carbocycles. The molecule has 1 rings (SSSR count). The van der Waals surface area contributed by atoms with Crippen LogP contribution in [0, 0.1) is 5.41 Å². The van der Waals surface area contributed by atoms with Crippen molar-refractivity contribution in [1.82, 2.24) is 0 Å². The summed E-state index contributed by atoms with van der Waals surface area (Å²) in [5.41, 5.74) is -0.382. The Morgan fingerprint density at radius 3 is 2.24 bits per heavy atom. The van der Waals surface area contributed by atoms with Crippen molar-refractivity contribution >= 4 is 17.3 Å². The Hall–Kier alpha value is -0.900. The smallest absolute Gasteiger partial charge is 0.385 e. The van der Waals surface area contributed by atoms with Crippen LogP contribution in [0.1, 0.15) is 26.3 Å². The molecule has 5 heteroatoms. The van der Waals surface area contributed by atoms with E-state index in [1.807, 2.05) is 20.8 Å². The lowest BCUT2D eigenvalue weighted by atomic mass is 9.97. The van der Waals surface area contributed by atoms with Crippen molar-refractivity contribution in [2.24, 2.45) is 5.41 Å². The predicted molar refractivity (Wildman–Crippen MR) is 64.4 cm³/mol. The van der Waals surface area contributed by atoms with Gasteiger partial charge in [-0.05, 0) is 23.6 Å². The highest BCUT2D eigenvalue weighted by Gasteiger charge is 2.33. The summed E-state index contributed by atoms with van der Waals surface area (Å²) < 4.78 is 37.8. The lowest BCUT2D eigenvalue weighted by molar-refractivity contribution is -0.137. The third-order valence-electron chi connectivity index (χ3n) is 2.09. The van der Waals surface area contributed by atoms with Gasteiger partial charge in [0.15, 0.2) is 0 Å². The van der Waals surface area contributed by atoms with Gasteiger partial charge in [0, 0.05) is 12.2 Å². The molecule has 1 N–H and O–H groups in total. The fraction of sp³-hybridized carbons (Fsp3) is 0.500. The van der Waals surface area contributed by atoms with Crippen molar-refractivity contribution < 1.29 is 13.2 Å². The summed E-state index contributed by atoms with van der Waals surface area (Å²) in [5, 5.41) is 2.69. The minimum absolute atomic E-state index is 0.00195. The molecule has 0 amide bonds. The number of rotatable bonds is 2. The number of alkyl halides is 3. The summed E-state index contributed by atoms with van der Waals surface area (Å²) in [7, 11) is 0. The Bertz CT molecular complexity index is 394.